The molecule has 1 atom stereocenters. The van der Waals surface area contributed by atoms with Crippen molar-refractivity contribution in [2.45, 2.75) is 32.7 Å². The molecular formula is C15H23N3O. The van der Waals surface area contributed by atoms with Crippen molar-refractivity contribution in [1.29, 1.82) is 0 Å². The predicted octanol–water partition coefficient (Wildman–Crippen LogP) is 1.91. The van der Waals surface area contributed by atoms with E-state index < -0.39 is 0 Å². The third-order valence-electron chi connectivity index (χ3n) is 3.86. The van der Waals surface area contributed by atoms with Crippen molar-refractivity contribution in [3.63, 3.8) is 0 Å². The summed E-state index contributed by atoms with van der Waals surface area (Å²) >= 11 is 0. The number of amides is 1. The predicted molar refractivity (Wildman–Crippen MR) is 76.4 cm³/mol. The van der Waals surface area contributed by atoms with Gasteiger partial charge in [0.1, 0.15) is 0 Å². The zero-order chi connectivity index (χ0) is 13.7. The van der Waals surface area contributed by atoms with E-state index in [9.17, 15) is 4.79 Å². The lowest BCUT2D eigenvalue weighted by atomic mass is 10.0. The van der Waals surface area contributed by atoms with E-state index in [2.05, 4.69) is 17.2 Å². The highest BCUT2D eigenvalue weighted by Crippen LogP contribution is 2.18. The monoisotopic (exact) mass is 261 g/mol. The molecule has 0 saturated carbocycles. The lowest BCUT2D eigenvalue weighted by molar-refractivity contribution is 0.0953. The van der Waals surface area contributed by atoms with Crippen LogP contribution >= 0.6 is 0 Å². The van der Waals surface area contributed by atoms with E-state index in [1.165, 1.54) is 37.9 Å². The van der Waals surface area contributed by atoms with Crippen molar-refractivity contribution in [1.82, 2.24) is 10.3 Å². The molecule has 1 fully saturated rings. The molecule has 1 aromatic rings. The Bertz CT molecular complexity index is 416. The second kappa shape index (κ2) is 6.68. The minimum atomic E-state index is -0.241. The molecule has 0 spiro atoms. The van der Waals surface area contributed by atoms with Gasteiger partial charge in [-0.1, -0.05) is 19.1 Å². The summed E-state index contributed by atoms with van der Waals surface area (Å²) in [6.07, 6.45) is 3.91. The summed E-state index contributed by atoms with van der Waals surface area (Å²) in [5, 5.41) is 0. The SMILES string of the molecule is CC1CCCN(Cc2ccc(C(=O)NN)cc2)CC1. The molecule has 2 rings (SSSR count). The Morgan fingerprint density at radius 1 is 1.32 bits per heavy atom. The fourth-order valence-corrected chi connectivity index (χ4v) is 2.58. The van der Waals surface area contributed by atoms with Crippen molar-refractivity contribution in [2.75, 3.05) is 13.1 Å². The molecular weight excluding hydrogens is 238 g/mol. The number of hydrogen-bond acceptors (Lipinski definition) is 3. The minimum absolute atomic E-state index is 0.241. The first kappa shape index (κ1) is 14.0. The van der Waals surface area contributed by atoms with Gasteiger partial charge in [0, 0.05) is 12.1 Å². The van der Waals surface area contributed by atoms with Crippen LogP contribution in [-0.2, 0) is 6.54 Å². The highest BCUT2D eigenvalue weighted by molar-refractivity contribution is 5.93. The zero-order valence-corrected chi connectivity index (χ0v) is 11.6. The summed E-state index contributed by atoms with van der Waals surface area (Å²) in [5.74, 6) is 5.72. The maximum atomic E-state index is 11.3. The Labute approximate surface area is 114 Å². The normalized spacial score (nSPS) is 20.8. The number of rotatable bonds is 3. The molecule has 0 radical (unpaired) electrons. The maximum absolute atomic E-state index is 11.3. The molecule has 4 heteroatoms. The number of nitrogens with one attached hydrogen (secondary N) is 1. The van der Waals surface area contributed by atoms with Crippen molar-refractivity contribution in [3.05, 3.63) is 35.4 Å². The second-order valence-electron chi connectivity index (χ2n) is 5.48. The van der Waals surface area contributed by atoms with Crippen LogP contribution in [0.2, 0.25) is 0 Å². The summed E-state index contributed by atoms with van der Waals surface area (Å²) < 4.78 is 0. The molecule has 0 aliphatic carbocycles. The third-order valence-corrected chi connectivity index (χ3v) is 3.86. The van der Waals surface area contributed by atoms with Crippen LogP contribution in [0.3, 0.4) is 0 Å². The summed E-state index contributed by atoms with van der Waals surface area (Å²) in [4.78, 5) is 13.9. The number of hydrogen-bond donors (Lipinski definition) is 2. The average Bonchev–Trinajstić information content (AvgIpc) is 2.64. The van der Waals surface area contributed by atoms with Gasteiger partial charge in [-0.25, -0.2) is 5.84 Å². The molecule has 1 aliphatic rings. The molecule has 1 unspecified atom stereocenters. The molecule has 1 heterocycles. The Hall–Kier alpha value is -1.39. The number of nitrogens with zero attached hydrogens (tertiary/aromatic N) is 1. The summed E-state index contributed by atoms with van der Waals surface area (Å²) in [5.41, 5.74) is 4.01. The topological polar surface area (TPSA) is 58.4 Å². The number of hydrazine groups is 1. The van der Waals surface area contributed by atoms with Gasteiger partial charge < -0.3 is 0 Å². The van der Waals surface area contributed by atoms with Gasteiger partial charge in [-0.15, -0.1) is 0 Å². The smallest absolute Gasteiger partial charge is 0.265 e. The first-order valence-electron chi connectivity index (χ1n) is 7.01. The fourth-order valence-electron chi connectivity index (χ4n) is 2.58. The maximum Gasteiger partial charge on any atom is 0.265 e. The van der Waals surface area contributed by atoms with Gasteiger partial charge in [0.15, 0.2) is 0 Å². The number of benzene rings is 1. The Balaban J connectivity index is 1.93. The quantitative estimate of drug-likeness (QED) is 0.496. The summed E-state index contributed by atoms with van der Waals surface area (Å²) in [6.45, 7) is 5.66. The van der Waals surface area contributed by atoms with Crippen LogP contribution in [0.4, 0.5) is 0 Å². The van der Waals surface area contributed by atoms with Crippen molar-refractivity contribution >= 4 is 5.91 Å². The van der Waals surface area contributed by atoms with Gasteiger partial charge in [0.05, 0.1) is 0 Å². The molecule has 0 bridgehead atoms. The van der Waals surface area contributed by atoms with Gasteiger partial charge in [-0.05, 0) is 56.0 Å². The van der Waals surface area contributed by atoms with Gasteiger partial charge >= 0.3 is 0 Å². The van der Waals surface area contributed by atoms with Crippen LogP contribution in [0.1, 0.15) is 42.1 Å². The van der Waals surface area contributed by atoms with Crippen molar-refractivity contribution in [2.24, 2.45) is 11.8 Å². The van der Waals surface area contributed by atoms with Crippen LogP contribution in [0.25, 0.3) is 0 Å². The highest BCUT2D eigenvalue weighted by Gasteiger charge is 2.14. The lowest BCUT2D eigenvalue weighted by Crippen LogP contribution is -2.30. The Kier molecular flexibility index (Phi) is 4.93. The van der Waals surface area contributed by atoms with Gasteiger partial charge in [0.2, 0.25) is 0 Å². The fraction of sp³-hybridized carbons (Fsp3) is 0.533. The van der Waals surface area contributed by atoms with Crippen LogP contribution < -0.4 is 11.3 Å². The minimum Gasteiger partial charge on any atom is -0.299 e. The first-order valence-corrected chi connectivity index (χ1v) is 7.01. The van der Waals surface area contributed by atoms with Gasteiger partial charge in [-0.3, -0.25) is 15.1 Å². The summed E-state index contributed by atoms with van der Waals surface area (Å²) in [6, 6.07) is 7.69. The van der Waals surface area contributed by atoms with Crippen molar-refractivity contribution in [3.8, 4) is 0 Å². The van der Waals surface area contributed by atoms with E-state index in [4.69, 9.17) is 5.84 Å². The molecule has 4 nitrogen and oxygen atoms in total. The zero-order valence-electron chi connectivity index (χ0n) is 11.6. The molecule has 0 aromatic heterocycles. The number of carbonyl (C=O) groups is 1. The van der Waals surface area contributed by atoms with Gasteiger partial charge in [-0.2, -0.15) is 0 Å². The van der Waals surface area contributed by atoms with E-state index in [-0.39, 0.29) is 5.91 Å². The van der Waals surface area contributed by atoms with E-state index in [1.807, 2.05) is 24.3 Å². The number of likely N-dealkylation sites (tertiary alicyclic amines) is 1. The van der Waals surface area contributed by atoms with Crippen LogP contribution in [0, 0.1) is 5.92 Å². The second-order valence-corrected chi connectivity index (χ2v) is 5.48. The van der Waals surface area contributed by atoms with Gasteiger partial charge in [0.25, 0.3) is 5.91 Å². The molecule has 1 aliphatic heterocycles. The average molecular weight is 261 g/mol. The van der Waals surface area contributed by atoms with Crippen molar-refractivity contribution < 1.29 is 4.79 Å². The standard InChI is InChI=1S/C15H23N3O/c1-12-3-2-9-18(10-8-12)11-13-4-6-14(7-5-13)15(19)17-16/h4-7,12H,2-3,8-11,16H2,1H3,(H,17,19). The highest BCUT2D eigenvalue weighted by atomic mass is 16.2. The number of carbonyl (C=O) groups excluding carboxylic acids is 1. The van der Waals surface area contributed by atoms with Crippen LogP contribution in [-0.4, -0.2) is 23.9 Å². The number of nitrogen functional groups attached to an aromatic ring is 1. The Morgan fingerprint density at radius 2 is 2.05 bits per heavy atom. The van der Waals surface area contributed by atoms with Crippen LogP contribution in [0.5, 0.6) is 0 Å². The molecule has 1 amide bonds. The first-order chi connectivity index (χ1) is 9.19. The van der Waals surface area contributed by atoms with E-state index in [0.29, 0.717) is 5.56 Å². The molecule has 1 saturated heterocycles. The Morgan fingerprint density at radius 3 is 2.74 bits per heavy atom. The largest absolute Gasteiger partial charge is 0.299 e. The molecule has 19 heavy (non-hydrogen) atoms. The molecule has 3 N–H and O–H groups in total. The van der Waals surface area contributed by atoms with E-state index >= 15 is 0 Å². The van der Waals surface area contributed by atoms with Crippen LogP contribution in [0.15, 0.2) is 24.3 Å². The third kappa shape index (κ3) is 4.04. The molecule has 1 aromatic carbocycles. The summed E-state index contributed by atoms with van der Waals surface area (Å²) in [7, 11) is 0. The lowest BCUT2D eigenvalue weighted by Gasteiger charge is -2.20. The van der Waals surface area contributed by atoms with E-state index in [1.54, 1.807) is 0 Å². The number of nitrogens with two attached hydrogens (primary N) is 1. The molecule has 104 valence electrons. The van der Waals surface area contributed by atoms with E-state index in [0.717, 1.165) is 12.5 Å².